The quantitative estimate of drug-likeness (QED) is 0.504. The predicted molar refractivity (Wildman–Crippen MR) is 115 cm³/mol. The molecule has 6 nitrogen and oxygen atoms in total. The highest BCUT2D eigenvalue weighted by Gasteiger charge is 2.22. The third kappa shape index (κ3) is 2.52. The van der Waals surface area contributed by atoms with Gasteiger partial charge in [-0.15, -0.1) is 0 Å². The molecule has 0 saturated heterocycles. The van der Waals surface area contributed by atoms with Crippen LogP contribution in [0, 0.1) is 13.8 Å². The minimum absolute atomic E-state index is 0.136. The second kappa shape index (κ2) is 6.44. The number of hydrogen-bond acceptors (Lipinski definition) is 3. The predicted octanol–water partition coefficient (Wildman–Crippen LogP) is 4.34. The smallest absolute Gasteiger partial charge is 0.284 e. The highest BCUT2D eigenvalue weighted by Crippen LogP contribution is 2.29. The Labute approximate surface area is 167 Å². The van der Waals surface area contributed by atoms with E-state index in [1.54, 1.807) is 4.52 Å². The Hall–Kier alpha value is -3.67. The number of aromatic nitrogens is 5. The Kier molecular flexibility index (Phi) is 3.87. The van der Waals surface area contributed by atoms with E-state index in [2.05, 4.69) is 16.6 Å². The first-order chi connectivity index (χ1) is 14.1. The summed E-state index contributed by atoms with van der Waals surface area (Å²) in [4.78, 5) is 23.1. The SMILES string of the molecule is CCn1c(-c2c(C)nc3c(-c4ccccc4)c(C)[nH]n3c2=O)nc2ccccc21. The minimum Gasteiger partial charge on any atom is -0.324 e. The van der Waals surface area contributed by atoms with Crippen molar-refractivity contribution in [3.8, 4) is 22.5 Å². The normalized spacial score (nSPS) is 11.6. The fraction of sp³-hybridized carbons (Fsp3) is 0.174. The zero-order valence-corrected chi connectivity index (χ0v) is 16.6. The topological polar surface area (TPSA) is 68.0 Å². The lowest BCUT2D eigenvalue weighted by atomic mass is 10.1. The molecule has 0 bridgehead atoms. The first kappa shape index (κ1) is 17.4. The van der Waals surface area contributed by atoms with E-state index in [1.807, 2.05) is 68.4 Å². The number of para-hydroxylation sites is 2. The molecule has 3 aromatic heterocycles. The van der Waals surface area contributed by atoms with Gasteiger partial charge in [0.2, 0.25) is 0 Å². The number of imidazole rings is 1. The molecular formula is C23H21N5O. The van der Waals surface area contributed by atoms with E-state index in [-0.39, 0.29) is 5.56 Å². The lowest BCUT2D eigenvalue weighted by Gasteiger charge is -2.09. The van der Waals surface area contributed by atoms with Crippen LogP contribution < -0.4 is 5.56 Å². The first-order valence-corrected chi connectivity index (χ1v) is 9.73. The molecule has 3 heterocycles. The molecule has 0 unspecified atom stereocenters. The van der Waals surface area contributed by atoms with Crippen LogP contribution in [-0.2, 0) is 6.54 Å². The van der Waals surface area contributed by atoms with Crippen LogP contribution in [0.4, 0.5) is 0 Å². The van der Waals surface area contributed by atoms with Gasteiger partial charge in [-0.1, -0.05) is 42.5 Å². The summed E-state index contributed by atoms with van der Waals surface area (Å²) < 4.78 is 3.61. The molecule has 2 aromatic carbocycles. The summed E-state index contributed by atoms with van der Waals surface area (Å²) in [6.45, 7) is 6.62. The maximum Gasteiger partial charge on any atom is 0.284 e. The highest BCUT2D eigenvalue weighted by atomic mass is 16.1. The second-order valence-electron chi connectivity index (χ2n) is 7.18. The molecule has 5 aromatic rings. The lowest BCUT2D eigenvalue weighted by molar-refractivity contribution is 0.788. The number of aryl methyl sites for hydroxylation is 3. The number of nitrogens with zero attached hydrogens (tertiary/aromatic N) is 4. The molecule has 1 N–H and O–H groups in total. The van der Waals surface area contributed by atoms with Crippen LogP contribution in [-0.4, -0.2) is 24.1 Å². The van der Waals surface area contributed by atoms with Gasteiger partial charge >= 0.3 is 0 Å². The molecule has 0 radical (unpaired) electrons. The fourth-order valence-electron chi connectivity index (χ4n) is 4.08. The van der Waals surface area contributed by atoms with Crippen LogP contribution >= 0.6 is 0 Å². The van der Waals surface area contributed by atoms with Crippen molar-refractivity contribution in [1.29, 1.82) is 0 Å². The number of aromatic amines is 1. The van der Waals surface area contributed by atoms with Crippen molar-refractivity contribution in [2.75, 3.05) is 0 Å². The van der Waals surface area contributed by atoms with Crippen LogP contribution in [0.2, 0.25) is 0 Å². The van der Waals surface area contributed by atoms with Crippen molar-refractivity contribution in [3.05, 3.63) is 76.3 Å². The number of nitrogens with one attached hydrogen (secondary N) is 1. The third-order valence-corrected chi connectivity index (χ3v) is 5.40. The molecule has 0 aliphatic rings. The van der Waals surface area contributed by atoms with Gasteiger partial charge in [-0.2, -0.15) is 0 Å². The summed E-state index contributed by atoms with van der Waals surface area (Å²) in [5, 5.41) is 3.21. The van der Waals surface area contributed by atoms with Crippen molar-refractivity contribution in [2.24, 2.45) is 0 Å². The highest BCUT2D eigenvalue weighted by molar-refractivity contribution is 5.83. The van der Waals surface area contributed by atoms with Gasteiger partial charge in [-0.05, 0) is 38.5 Å². The molecule has 0 aliphatic carbocycles. The average Bonchev–Trinajstić information content (AvgIpc) is 3.25. The summed E-state index contributed by atoms with van der Waals surface area (Å²) in [6.07, 6.45) is 0. The van der Waals surface area contributed by atoms with E-state index in [9.17, 15) is 4.79 Å². The molecule has 0 spiro atoms. The summed E-state index contributed by atoms with van der Waals surface area (Å²) >= 11 is 0. The summed E-state index contributed by atoms with van der Waals surface area (Å²) in [6, 6.07) is 18.0. The van der Waals surface area contributed by atoms with Gasteiger partial charge in [0, 0.05) is 17.8 Å². The van der Waals surface area contributed by atoms with E-state index < -0.39 is 0 Å². The third-order valence-electron chi connectivity index (χ3n) is 5.40. The Morgan fingerprint density at radius 1 is 0.931 bits per heavy atom. The molecular weight excluding hydrogens is 362 g/mol. The lowest BCUT2D eigenvalue weighted by Crippen LogP contribution is -2.21. The van der Waals surface area contributed by atoms with Crippen molar-refractivity contribution < 1.29 is 0 Å². The molecule has 0 atom stereocenters. The largest absolute Gasteiger partial charge is 0.324 e. The number of rotatable bonds is 3. The second-order valence-corrected chi connectivity index (χ2v) is 7.18. The number of fused-ring (bicyclic) bond motifs is 2. The van der Waals surface area contributed by atoms with E-state index in [0.29, 0.717) is 22.7 Å². The summed E-state index contributed by atoms with van der Waals surface area (Å²) in [7, 11) is 0. The molecule has 0 saturated carbocycles. The van der Waals surface area contributed by atoms with Crippen molar-refractivity contribution in [3.63, 3.8) is 0 Å². The van der Waals surface area contributed by atoms with E-state index in [4.69, 9.17) is 9.97 Å². The van der Waals surface area contributed by atoms with Gasteiger partial charge in [-0.25, -0.2) is 14.5 Å². The van der Waals surface area contributed by atoms with E-state index in [1.165, 1.54) is 0 Å². The first-order valence-electron chi connectivity index (χ1n) is 9.73. The van der Waals surface area contributed by atoms with Crippen molar-refractivity contribution in [1.82, 2.24) is 24.1 Å². The van der Waals surface area contributed by atoms with Crippen LogP contribution in [0.1, 0.15) is 18.3 Å². The van der Waals surface area contributed by atoms with Crippen molar-refractivity contribution >= 4 is 16.7 Å². The van der Waals surface area contributed by atoms with Gasteiger partial charge in [0.25, 0.3) is 5.56 Å². The van der Waals surface area contributed by atoms with Gasteiger partial charge in [0.15, 0.2) is 5.65 Å². The van der Waals surface area contributed by atoms with Gasteiger partial charge < -0.3 is 4.57 Å². The number of H-pyrrole nitrogens is 1. The molecule has 29 heavy (non-hydrogen) atoms. The number of hydrogen-bond donors (Lipinski definition) is 1. The zero-order chi connectivity index (χ0) is 20.1. The Bertz CT molecular complexity index is 1420. The summed E-state index contributed by atoms with van der Waals surface area (Å²) in [5.41, 5.74) is 6.48. The molecule has 6 heteroatoms. The maximum atomic E-state index is 13.5. The molecule has 5 rings (SSSR count). The van der Waals surface area contributed by atoms with Crippen LogP contribution in [0.25, 0.3) is 39.2 Å². The average molecular weight is 383 g/mol. The Morgan fingerprint density at radius 2 is 1.66 bits per heavy atom. The van der Waals surface area contributed by atoms with E-state index in [0.717, 1.165) is 34.4 Å². The Morgan fingerprint density at radius 3 is 2.41 bits per heavy atom. The number of benzene rings is 2. The van der Waals surface area contributed by atoms with Gasteiger partial charge in [0.05, 0.1) is 16.7 Å². The zero-order valence-electron chi connectivity index (χ0n) is 16.6. The van der Waals surface area contributed by atoms with E-state index >= 15 is 0 Å². The molecule has 0 aliphatic heterocycles. The molecule has 0 amide bonds. The molecule has 144 valence electrons. The fourth-order valence-corrected chi connectivity index (χ4v) is 4.08. The van der Waals surface area contributed by atoms with Gasteiger partial charge in [0.1, 0.15) is 11.4 Å². The monoisotopic (exact) mass is 383 g/mol. The van der Waals surface area contributed by atoms with Crippen molar-refractivity contribution in [2.45, 2.75) is 27.3 Å². The van der Waals surface area contributed by atoms with Crippen LogP contribution in [0.3, 0.4) is 0 Å². The minimum atomic E-state index is -0.136. The summed E-state index contributed by atoms with van der Waals surface area (Å²) in [5.74, 6) is 0.659. The van der Waals surface area contributed by atoms with Gasteiger partial charge in [-0.3, -0.25) is 9.89 Å². The van der Waals surface area contributed by atoms with Crippen LogP contribution in [0.5, 0.6) is 0 Å². The van der Waals surface area contributed by atoms with Crippen LogP contribution in [0.15, 0.2) is 59.4 Å². The maximum absolute atomic E-state index is 13.5. The molecule has 0 fully saturated rings. The Balaban J connectivity index is 1.83. The standard InChI is InChI=1S/C23H21N5O/c1-4-27-18-13-9-8-12-17(18)25-21(27)20-14(2)24-22-19(16-10-6-5-7-11-16)15(3)26-28(22)23(20)29/h5-13,26H,4H2,1-3H3.